The second-order valence-corrected chi connectivity index (χ2v) is 7.13. The average molecular weight is 377 g/mol. The fourth-order valence-corrected chi connectivity index (χ4v) is 3.90. The van der Waals surface area contributed by atoms with Gasteiger partial charge in [-0.1, -0.05) is 31.0 Å². The van der Waals surface area contributed by atoms with Crippen LogP contribution in [0.5, 0.6) is 0 Å². The summed E-state index contributed by atoms with van der Waals surface area (Å²) in [6.07, 6.45) is 7.37. The molecule has 8 nitrogen and oxygen atoms in total. The molecule has 0 aliphatic heterocycles. The molecular formula is C17H23N5O3S. The maximum absolute atomic E-state index is 12.0. The van der Waals surface area contributed by atoms with E-state index in [1.807, 2.05) is 12.1 Å². The molecule has 140 valence electrons. The molecule has 0 bridgehead atoms. The minimum Gasteiger partial charge on any atom is -0.461 e. The van der Waals surface area contributed by atoms with Crippen molar-refractivity contribution >= 4 is 23.6 Å². The number of amides is 2. The molecule has 1 saturated carbocycles. The molecule has 1 fully saturated rings. The Morgan fingerprint density at radius 2 is 2.08 bits per heavy atom. The molecule has 26 heavy (non-hydrogen) atoms. The van der Waals surface area contributed by atoms with E-state index in [0.29, 0.717) is 22.8 Å². The van der Waals surface area contributed by atoms with E-state index in [-0.39, 0.29) is 24.1 Å². The Kier molecular flexibility index (Phi) is 6.32. The number of likely N-dealkylation sites (N-methyl/N-ethyl adjacent to an activating group) is 1. The number of nitrogens with one attached hydrogen (secondary N) is 2. The van der Waals surface area contributed by atoms with E-state index in [0.717, 1.165) is 12.8 Å². The van der Waals surface area contributed by atoms with Gasteiger partial charge in [0.1, 0.15) is 0 Å². The molecule has 1 aliphatic carbocycles. The summed E-state index contributed by atoms with van der Waals surface area (Å²) in [6, 6.07) is 4.01. The summed E-state index contributed by atoms with van der Waals surface area (Å²) >= 11 is 1.33. The molecule has 2 heterocycles. The molecule has 0 unspecified atom stereocenters. The lowest BCUT2D eigenvalue weighted by Gasteiger charge is -2.25. The lowest BCUT2D eigenvalue weighted by molar-refractivity contribution is -0.124. The van der Waals surface area contributed by atoms with Crippen molar-refractivity contribution in [1.29, 1.82) is 0 Å². The largest absolute Gasteiger partial charge is 0.461 e. The Bertz CT molecular complexity index is 738. The first-order valence-corrected chi connectivity index (χ1v) is 9.76. The second-order valence-electron chi connectivity index (χ2n) is 6.18. The molecule has 0 radical (unpaired) electrons. The van der Waals surface area contributed by atoms with E-state index in [9.17, 15) is 9.59 Å². The van der Waals surface area contributed by atoms with Crippen LogP contribution >= 0.6 is 11.8 Å². The lowest BCUT2D eigenvalue weighted by atomic mass is 9.95. The summed E-state index contributed by atoms with van der Waals surface area (Å²) in [7, 11) is 1.53. The summed E-state index contributed by atoms with van der Waals surface area (Å²) in [5.41, 5.74) is 0. The van der Waals surface area contributed by atoms with Gasteiger partial charge in [-0.25, -0.2) is 0 Å². The van der Waals surface area contributed by atoms with Crippen LogP contribution in [0.3, 0.4) is 0 Å². The van der Waals surface area contributed by atoms with Crippen LogP contribution in [0.15, 0.2) is 28.0 Å². The zero-order valence-corrected chi connectivity index (χ0v) is 15.6. The Morgan fingerprint density at radius 3 is 2.77 bits per heavy atom. The van der Waals surface area contributed by atoms with Gasteiger partial charge in [-0.2, -0.15) is 0 Å². The lowest BCUT2D eigenvalue weighted by Crippen LogP contribution is -2.36. The molecule has 2 aromatic heterocycles. The minimum atomic E-state index is -0.228. The van der Waals surface area contributed by atoms with Crippen molar-refractivity contribution in [2.45, 2.75) is 43.3 Å². The van der Waals surface area contributed by atoms with Crippen molar-refractivity contribution in [3.63, 3.8) is 0 Å². The number of nitrogens with zero attached hydrogens (tertiary/aromatic N) is 3. The van der Waals surface area contributed by atoms with Gasteiger partial charge in [0.15, 0.2) is 10.9 Å². The number of carbonyl (C=O) groups excluding carboxylic acids is 2. The van der Waals surface area contributed by atoms with Crippen LogP contribution in [0.25, 0.3) is 11.6 Å². The standard InChI is InChI=1S/C17H23N5O3S/c1-18-14(23)10-19-15(24)11-26-17-21-20-16(13-8-5-9-25-13)22(17)12-6-3-2-4-7-12/h5,8-9,12H,2-4,6-7,10-11H2,1H3,(H,18,23)(H,19,24). The van der Waals surface area contributed by atoms with Crippen molar-refractivity contribution in [3.05, 3.63) is 18.4 Å². The summed E-state index contributed by atoms with van der Waals surface area (Å²) in [6.45, 7) is -0.0249. The number of hydrogen-bond acceptors (Lipinski definition) is 6. The molecule has 0 spiro atoms. The number of furan rings is 1. The van der Waals surface area contributed by atoms with E-state index in [2.05, 4.69) is 25.4 Å². The smallest absolute Gasteiger partial charge is 0.239 e. The van der Waals surface area contributed by atoms with E-state index in [1.165, 1.54) is 38.1 Å². The zero-order chi connectivity index (χ0) is 18.4. The molecule has 9 heteroatoms. The van der Waals surface area contributed by atoms with E-state index in [1.54, 1.807) is 6.26 Å². The van der Waals surface area contributed by atoms with Crippen LogP contribution in [-0.4, -0.2) is 45.9 Å². The summed E-state index contributed by atoms with van der Waals surface area (Å²) < 4.78 is 7.62. The highest BCUT2D eigenvalue weighted by Crippen LogP contribution is 2.35. The Morgan fingerprint density at radius 1 is 1.27 bits per heavy atom. The van der Waals surface area contributed by atoms with E-state index in [4.69, 9.17) is 4.42 Å². The average Bonchev–Trinajstić information content (AvgIpc) is 3.34. The zero-order valence-electron chi connectivity index (χ0n) is 14.7. The van der Waals surface area contributed by atoms with Crippen molar-refractivity contribution in [1.82, 2.24) is 25.4 Å². The first kappa shape index (κ1) is 18.5. The highest BCUT2D eigenvalue weighted by atomic mass is 32.2. The van der Waals surface area contributed by atoms with Crippen molar-refractivity contribution in [2.75, 3.05) is 19.3 Å². The van der Waals surface area contributed by atoms with Gasteiger partial charge in [0, 0.05) is 13.1 Å². The quantitative estimate of drug-likeness (QED) is 0.716. The first-order valence-electron chi connectivity index (χ1n) is 8.78. The van der Waals surface area contributed by atoms with Crippen LogP contribution in [0, 0.1) is 0 Å². The number of aromatic nitrogens is 3. The molecule has 1 aliphatic rings. The molecule has 0 atom stereocenters. The molecule has 0 aromatic carbocycles. The second kappa shape index (κ2) is 8.88. The third-order valence-electron chi connectivity index (χ3n) is 4.40. The fourth-order valence-electron chi connectivity index (χ4n) is 3.07. The van der Waals surface area contributed by atoms with Gasteiger partial charge in [-0.15, -0.1) is 10.2 Å². The van der Waals surface area contributed by atoms with Gasteiger partial charge in [-0.3, -0.25) is 14.2 Å². The fraction of sp³-hybridized carbons (Fsp3) is 0.529. The van der Waals surface area contributed by atoms with Crippen molar-refractivity contribution < 1.29 is 14.0 Å². The molecular weight excluding hydrogens is 354 g/mol. The number of carbonyl (C=O) groups is 2. The maximum atomic E-state index is 12.0. The van der Waals surface area contributed by atoms with Gasteiger partial charge in [0.05, 0.1) is 18.6 Å². The van der Waals surface area contributed by atoms with E-state index < -0.39 is 0 Å². The van der Waals surface area contributed by atoms with Gasteiger partial charge >= 0.3 is 0 Å². The molecule has 2 amide bonds. The minimum absolute atomic E-state index is 0.0249. The highest BCUT2D eigenvalue weighted by molar-refractivity contribution is 7.99. The molecule has 2 N–H and O–H groups in total. The van der Waals surface area contributed by atoms with Gasteiger partial charge in [0.25, 0.3) is 0 Å². The van der Waals surface area contributed by atoms with Gasteiger partial charge < -0.3 is 15.1 Å². The SMILES string of the molecule is CNC(=O)CNC(=O)CSc1nnc(-c2ccco2)n1C1CCCCC1. The van der Waals surface area contributed by atoms with E-state index >= 15 is 0 Å². The topological polar surface area (TPSA) is 102 Å². The van der Waals surface area contributed by atoms with Crippen LogP contribution < -0.4 is 10.6 Å². The van der Waals surface area contributed by atoms with Gasteiger partial charge in [-0.05, 0) is 25.0 Å². The third kappa shape index (κ3) is 4.46. The van der Waals surface area contributed by atoms with Gasteiger partial charge in [0.2, 0.25) is 17.6 Å². The molecule has 0 saturated heterocycles. The monoisotopic (exact) mass is 377 g/mol. The Labute approximate surface area is 156 Å². The summed E-state index contributed by atoms with van der Waals surface area (Å²) in [4.78, 5) is 23.2. The van der Waals surface area contributed by atoms with Crippen molar-refractivity contribution in [2.24, 2.45) is 0 Å². The number of hydrogen-bond donors (Lipinski definition) is 2. The van der Waals surface area contributed by atoms with Crippen LogP contribution in [-0.2, 0) is 9.59 Å². The summed E-state index contributed by atoms with van der Waals surface area (Å²) in [5.74, 6) is 1.12. The predicted molar refractivity (Wildman–Crippen MR) is 97.6 cm³/mol. The number of thioether (sulfide) groups is 1. The highest BCUT2D eigenvalue weighted by Gasteiger charge is 2.25. The first-order chi connectivity index (χ1) is 12.7. The Hall–Kier alpha value is -2.29. The van der Waals surface area contributed by atoms with Crippen LogP contribution in [0.4, 0.5) is 0 Å². The predicted octanol–water partition coefficient (Wildman–Crippen LogP) is 2.00. The summed E-state index contributed by atoms with van der Waals surface area (Å²) in [5, 5.41) is 14.4. The molecule has 3 rings (SSSR count). The van der Waals surface area contributed by atoms with Crippen LogP contribution in [0.2, 0.25) is 0 Å². The molecule has 2 aromatic rings. The normalized spacial score (nSPS) is 15.0. The van der Waals surface area contributed by atoms with Crippen LogP contribution in [0.1, 0.15) is 38.1 Å². The number of rotatable bonds is 7. The Balaban J connectivity index is 1.72. The third-order valence-corrected chi connectivity index (χ3v) is 5.35. The maximum Gasteiger partial charge on any atom is 0.239 e. The van der Waals surface area contributed by atoms with Crippen molar-refractivity contribution in [3.8, 4) is 11.6 Å².